The van der Waals surface area contributed by atoms with E-state index in [1.54, 1.807) is 11.3 Å². The van der Waals surface area contributed by atoms with E-state index in [1.807, 2.05) is 11.0 Å². The fourth-order valence-corrected chi connectivity index (χ4v) is 5.26. The molecule has 9 heteroatoms. The average Bonchev–Trinajstić information content (AvgIpc) is 3.16. The molecule has 1 saturated heterocycles. The molecule has 27 heavy (non-hydrogen) atoms. The molecular weight excluding hydrogens is 407 g/mol. The maximum atomic E-state index is 13.1. The number of fused-ring (bicyclic) bond motifs is 1. The molecule has 0 unspecified atom stereocenters. The summed E-state index contributed by atoms with van der Waals surface area (Å²) < 4.78 is 5.39. The number of hydrogen-bond donors (Lipinski definition) is 0. The zero-order valence-corrected chi connectivity index (χ0v) is 17.5. The lowest BCUT2D eigenvalue weighted by molar-refractivity contribution is 0.0263. The fraction of sp³-hybridized carbons (Fsp3) is 0.500. The van der Waals surface area contributed by atoms with Crippen molar-refractivity contribution in [2.24, 2.45) is 0 Å². The first kappa shape index (κ1) is 19.1. The quantitative estimate of drug-likeness (QED) is 0.699. The Morgan fingerprint density at radius 2 is 2.00 bits per heavy atom. The highest BCUT2D eigenvalue weighted by Crippen LogP contribution is 2.46. The van der Waals surface area contributed by atoms with Crippen LogP contribution in [-0.2, 0) is 10.3 Å². The van der Waals surface area contributed by atoms with Crippen molar-refractivity contribution < 1.29 is 9.53 Å². The molecule has 0 spiro atoms. The molecule has 1 amide bonds. The second-order valence-corrected chi connectivity index (χ2v) is 8.96. The number of thiophene rings is 1. The van der Waals surface area contributed by atoms with Gasteiger partial charge in [-0.2, -0.15) is 0 Å². The minimum atomic E-state index is -0.370. The van der Waals surface area contributed by atoms with Crippen molar-refractivity contribution in [3.05, 3.63) is 33.0 Å². The van der Waals surface area contributed by atoms with Gasteiger partial charge < -0.3 is 9.64 Å². The third-order valence-electron chi connectivity index (χ3n) is 5.13. The number of nitrogens with zero attached hydrogens (tertiary/aromatic N) is 4. The van der Waals surface area contributed by atoms with Crippen LogP contribution in [0.4, 0.5) is 0 Å². The van der Waals surface area contributed by atoms with Crippen LogP contribution < -0.4 is 0 Å². The molecule has 2 aliphatic rings. The normalized spacial score (nSPS) is 19.6. The van der Waals surface area contributed by atoms with Crippen molar-refractivity contribution in [3.63, 3.8) is 0 Å². The van der Waals surface area contributed by atoms with Crippen LogP contribution in [-0.4, -0.2) is 65.1 Å². The van der Waals surface area contributed by atoms with Crippen LogP contribution in [0.5, 0.6) is 0 Å². The second kappa shape index (κ2) is 7.29. The van der Waals surface area contributed by atoms with Crippen molar-refractivity contribution >= 4 is 40.4 Å². The van der Waals surface area contributed by atoms with Crippen molar-refractivity contribution in [1.29, 1.82) is 0 Å². The Morgan fingerprint density at radius 3 is 2.70 bits per heavy atom. The van der Waals surface area contributed by atoms with Gasteiger partial charge in [0.2, 0.25) is 5.28 Å². The summed E-state index contributed by atoms with van der Waals surface area (Å²) in [6, 6.07) is 1.88. The molecule has 0 aliphatic carbocycles. The van der Waals surface area contributed by atoms with Crippen molar-refractivity contribution in [2.45, 2.75) is 19.4 Å². The molecule has 1 fully saturated rings. The van der Waals surface area contributed by atoms with Gasteiger partial charge in [-0.3, -0.25) is 9.69 Å². The van der Waals surface area contributed by atoms with E-state index in [0.29, 0.717) is 17.3 Å². The molecule has 0 radical (unpaired) electrons. The highest BCUT2D eigenvalue weighted by molar-refractivity contribution is 7.16. The molecule has 0 N–H and O–H groups in total. The Hall–Kier alpha value is -1.25. The van der Waals surface area contributed by atoms with Gasteiger partial charge in [0.15, 0.2) is 0 Å². The standard InChI is InChI=1S/C18H20Cl2N4O2S/c1-18(2)15-11(9-13(27-15)14-12(19)10-21-17(20)22-14)16(25)24(18)4-3-23-5-7-26-8-6-23/h9-10H,3-8H2,1-2H3. The van der Waals surface area contributed by atoms with Gasteiger partial charge in [0, 0.05) is 31.1 Å². The molecule has 0 atom stereocenters. The number of carbonyl (C=O) groups excluding carboxylic acids is 1. The topological polar surface area (TPSA) is 58.6 Å². The first-order valence-electron chi connectivity index (χ1n) is 8.82. The van der Waals surface area contributed by atoms with E-state index in [4.69, 9.17) is 27.9 Å². The maximum absolute atomic E-state index is 13.1. The summed E-state index contributed by atoms with van der Waals surface area (Å²) in [6.45, 7) is 9.08. The second-order valence-electron chi connectivity index (χ2n) is 7.16. The number of morpholine rings is 1. The van der Waals surface area contributed by atoms with Crippen molar-refractivity contribution in [1.82, 2.24) is 19.8 Å². The number of aromatic nitrogens is 2. The van der Waals surface area contributed by atoms with Gasteiger partial charge in [-0.25, -0.2) is 9.97 Å². The zero-order chi connectivity index (χ0) is 19.2. The van der Waals surface area contributed by atoms with E-state index >= 15 is 0 Å². The van der Waals surface area contributed by atoms with E-state index in [9.17, 15) is 4.79 Å². The lowest BCUT2D eigenvalue weighted by Crippen LogP contribution is -2.46. The number of carbonyl (C=O) groups is 1. The van der Waals surface area contributed by atoms with E-state index < -0.39 is 0 Å². The van der Waals surface area contributed by atoms with Gasteiger partial charge in [0.25, 0.3) is 5.91 Å². The summed E-state index contributed by atoms with van der Waals surface area (Å²) in [6.07, 6.45) is 1.48. The van der Waals surface area contributed by atoms with Crippen LogP contribution >= 0.6 is 34.5 Å². The first-order chi connectivity index (χ1) is 12.9. The van der Waals surface area contributed by atoms with Crippen LogP contribution in [0.15, 0.2) is 12.3 Å². The molecule has 0 bridgehead atoms. The van der Waals surface area contributed by atoms with E-state index in [-0.39, 0.29) is 16.7 Å². The molecule has 144 valence electrons. The lowest BCUT2D eigenvalue weighted by Gasteiger charge is -2.35. The van der Waals surface area contributed by atoms with Crippen LogP contribution in [0, 0.1) is 0 Å². The summed E-state index contributed by atoms with van der Waals surface area (Å²) >= 11 is 13.7. The highest BCUT2D eigenvalue weighted by atomic mass is 35.5. The number of amides is 1. The third kappa shape index (κ3) is 3.47. The molecule has 2 aromatic heterocycles. The molecule has 6 nitrogen and oxygen atoms in total. The Balaban J connectivity index is 1.58. The Labute approximate surface area is 172 Å². The Kier molecular flexibility index (Phi) is 5.16. The van der Waals surface area contributed by atoms with Crippen molar-refractivity contribution in [2.75, 3.05) is 39.4 Å². The summed E-state index contributed by atoms with van der Waals surface area (Å²) in [5.74, 6) is 0.0574. The van der Waals surface area contributed by atoms with Crippen LogP contribution in [0.2, 0.25) is 10.3 Å². The molecule has 2 aliphatic heterocycles. The largest absolute Gasteiger partial charge is 0.379 e. The Bertz CT molecular complexity index is 880. The van der Waals surface area contributed by atoms with Gasteiger partial charge >= 0.3 is 0 Å². The van der Waals surface area contributed by atoms with Crippen LogP contribution in [0.3, 0.4) is 0 Å². The minimum absolute atomic E-state index is 0.0574. The van der Waals surface area contributed by atoms with Gasteiger partial charge in [0.05, 0.1) is 40.4 Å². The smallest absolute Gasteiger partial charge is 0.255 e. The van der Waals surface area contributed by atoms with E-state index in [0.717, 1.165) is 48.2 Å². The molecule has 0 saturated carbocycles. The number of halogens is 2. The van der Waals surface area contributed by atoms with Gasteiger partial charge in [-0.1, -0.05) is 11.6 Å². The summed E-state index contributed by atoms with van der Waals surface area (Å²) in [7, 11) is 0. The maximum Gasteiger partial charge on any atom is 0.255 e. The number of rotatable bonds is 4. The fourth-order valence-electron chi connectivity index (χ4n) is 3.61. The van der Waals surface area contributed by atoms with Gasteiger partial charge in [-0.15, -0.1) is 11.3 Å². The average molecular weight is 427 g/mol. The monoisotopic (exact) mass is 426 g/mol. The van der Waals surface area contributed by atoms with Crippen LogP contribution in [0.25, 0.3) is 10.6 Å². The summed E-state index contributed by atoms with van der Waals surface area (Å²) in [5.41, 5.74) is 0.928. The molecule has 2 aromatic rings. The highest BCUT2D eigenvalue weighted by Gasteiger charge is 2.45. The molecule has 4 heterocycles. The third-order valence-corrected chi connectivity index (χ3v) is 7.04. The van der Waals surface area contributed by atoms with E-state index in [1.165, 1.54) is 6.20 Å². The van der Waals surface area contributed by atoms with E-state index in [2.05, 4.69) is 28.7 Å². The van der Waals surface area contributed by atoms with Crippen molar-refractivity contribution in [3.8, 4) is 10.6 Å². The minimum Gasteiger partial charge on any atom is -0.379 e. The predicted octanol–water partition coefficient (Wildman–Crippen LogP) is 3.54. The molecule has 0 aromatic carbocycles. The van der Waals surface area contributed by atoms with Gasteiger partial charge in [-0.05, 0) is 31.5 Å². The molecule has 4 rings (SSSR count). The lowest BCUT2D eigenvalue weighted by atomic mass is 10.0. The number of hydrogen-bond acceptors (Lipinski definition) is 6. The predicted molar refractivity (Wildman–Crippen MR) is 107 cm³/mol. The SMILES string of the molecule is CC1(C)c2sc(-c3nc(Cl)ncc3Cl)cc2C(=O)N1CCN1CCOCC1. The number of ether oxygens (including phenoxy) is 1. The van der Waals surface area contributed by atoms with Crippen LogP contribution in [0.1, 0.15) is 29.1 Å². The Morgan fingerprint density at radius 1 is 1.26 bits per heavy atom. The van der Waals surface area contributed by atoms with Gasteiger partial charge in [0.1, 0.15) is 5.69 Å². The summed E-state index contributed by atoms with van der Waals surface area (Å²) in [4.78, 5) is 27.4. The zero-order valence-electron chi connectivity index (χ0n) is 15.2. The first-order valence-corrected chi connectivity index (χ1v) is 10.4. The summed E-state index contributed by atoms with van der Waals surface area (Å²) in [5, 5.41) is 0.564. The molecular formula is C18H20Cl2N4O2S.